The zero-order chi connectivity index (χ0) is 19.5. The van der Waals surface area contributed by atoms with Crippen LogP contribution in [0.4, 0.5) is 0 Å². The lowest BCUT2D eigenvalue weighted by Crippen LogP contribution is -2.34. The number of halogens is 1. The standard InChI is InChI=1S/C24H29NO3.ClH/c1-27-22-14-19-13-20(24(26)21(19)15-23(22)28-2)12-17-8-10-25(11-9-17)16-18-6-4-3-5-7-18;/h3-7,14-15,17,20H,8-13,16H2,1-2H3;1H/t20-;/m0./s1. The Labute approximate surface area is 179 Å². The van der Waals surface area contributed by atoms with Gasteiger partial charge in [-0.2, -0.15) is 0 Å². The molecule has 1 aliphatic heterocycles. The normalized spacial score (nSPS) is 19.5. The van der Waals surface area contributed by atoms with Crippen molar-refractivity contribution in [1.82, 2.24) is 4.90 Å². The topological polar surface area (TPSA) is 38.8 Å². The van der Waals surface area contributed by atoms with Crippen LogP contribution < -0.4 is 9.47 Å². The minimum absolute atomic E-state index is 0. The Hall–Kier alpha value is -2.04. The van der Waals surface area contributed by atoms with Gasteiger partial charge in [-0.05, 0) is 68.0 Å². The van der Waals surface area contributed by atoms with Gasteiger partial charge in [0, 0.05) is 18.0 Å². The number of benzene rings is 2. The Morgan fingerprint density at radius 2 is 1.66 bits per heavy atom. The molecule has 0 spiro atoms. The number of hydrogen-bond acceptors (Lipinski definition) is 4. The molecule has 1 heterocycles. The highest BCUT2D eigenvalue weighted by Crippen LogP contribution is 2.39. The van der Waals surface area contributed by atoms with Gasteiger partial charge in [0.2, 0.25) is 0 Å². The second-order valence-corrected chi connectivity index (χ2v) is 8.07. The van der Waals surface area contributed by atoms with E-state index in [0.717, 1.165) is 43.6 Å². The van der Waals surface area contributed by atoms with E-state index in [4.69, 9.17) is 9.47 Å². The van der Waals surface area contributed by atoms with Crippen molar-refractivity contribution in [2.24, 2.45) is 11.8 Å². The fourth-order valence-corrected chi connectivity index (χ4v) is 4.71. The molecular formula is C24H30ClNO3. The maximum atomic E-state index is 12.9. The molecule has 0 N–H and O–H groups in total. The number of nitrogens with zero attached hydrogens (tertiary/aromatic N) is 1. The van der Waals surface area contributed by atoms with Crippen molar-refractivity contribution in [1.29, 1.82) is 0 Å². The zero-order valence-electron chi connectivity index (χ0n) is 17.2. The molecule has 156 valence electrons. The maximum Gasteiger partial charge on any atom is 0.166 e. The van der Waals surface area contributed by atoms with Crippen molar-refractivity contribution < 1.29 is 14.3 Å². The number of carbonyl (C=O) groups excluding carboxylic acids is 1. The van der Waals surface area contributed by atoms with E-state index in [9.17, 15) is 4.79 Å². The van der Waals surface area contributed by atoms with Crippen molar-refractivity contribution in [3.63, 3.8) is 0 Å². The molecule has 1 aliphatic carbocycles. The molecule has 2 aliphatic rings. The minimum Gasteiger partial charge on any atom is -0.493 e. The van der Waals surface area contributed by atoms with E-state index < -0.39 is 0 Å². The Kier molecular flexibility index (Phi) is 7.20. The number of carbonyl (C=O) groups is 1. The number of piperidine rings is 1. The molecule has 0 aromatic heterocycles. The van der Waals surface area contributed by atoms with Crippen LogP contribution in [0.1, 0.15) is 40.7 Å². The van der Waals surface area contributed by atoms with E-state index in [-0.39, 0.29) is 24.1 Å². The van der Waals surface area contributed by atoms with Gasteiger partial charge in [-0.3, -0.25) is 9.69 Å². The molecule has 1 fully saturated rings. The number of methoxy groups -OCH3 is 2. The molecule has 2 aromatic rings. The molecule has 0 amide bonds. The van der Waals surface area contributed by atoms with Gasteiger partial charge in [0.15, 0.2) is 17.3 Å². The van der Waals surface area contributed by atoms with E-state index in [0.29, 0.717) is 17.4 Å². The average molecular weight is 416 g/mol. The number of fused-ring (bicyclic) bond motifs is 1. The van der Waals surface area contributed by atoms with Crippen LogP contribution in [0.2, 0.25) is 0 Å². The van der Waals surface area contributed by atoms with Crippen molar-refractivity contribution >= 4 is 18.2 Å². The molecule has 2 aromatic carbocycles. The third-order valence-corrected chi connectivity index (χ3v) is 6.29. The summed E-state index contributed by atoms with van der Waals surface area (Å²) < 4.78 is 10.8. The predicted molar refractivity (Wildman–Crippen MR) is 117 cm³/mol. The molecule has 29 heavy (non-hydrogen) atoms. The summed E-state index contributed by atoms with van der Waals surface area (Å²) in [5, 5.41) is 0. The van der Waals surface area contributed by atoms with Crippen LogP contribution in [0.3, 0.4) is 0 Å². The monoisotopic (exact) mass is 415 g/mol. The summed E-state index contributed by atoms with van der Waals surface area (Å²) in [5.41, 5.74) is 3.31. The second kappa shape index (κ2) is 9.64. The number of Topliss-reactive ketones (excluding diaryl/α,β-unsaturated/α-hetero) is 1. The molecule has 0 bridgehead atoms. The van der Waals surface area contributed by atoms with E-state index in [1.165, 1.54) is 18.4 Å². The minimum atomic E-state index is 0. The Bertz CT molecular complexity index is 832. The summed E-state index contributed by atoms with van der Waals surface area (Å²) in [6, 6.07) is 14.5. The van der Waals surface area contributed by atoms with E-state index in [1.54, 1.807) is 14.2 Å². The average Bonchev–Trinajstić information content (AvgIpc) is 3.03. The number of ether oxygens (including phenoxy) is 2. The SMILES string of the molecule is COc1cc2c(cc1OC)C(=O)[C@@H](CC1CCN(Cc3ccccc3)CC1)C2.Cl. The Morgan fingerprint density at radius 3 is 2.31 bits per heavy atom. The number of ketones is 1. The highest BCUT2D eigenvalue weighted by atomic mass is 35.5. The first-order valence-corrected chi connectivity index (χ1v) is 10.2. The summed E-state index contributed by atoms with van der Waals surface area (Å²) >= 11 is 0. The zero-order valence-corrected chi connectivity index (χ0v) is 18.0. The predicted octanol–water partition coefficient (Wildman–Crippen LogP) is 4.78. The molecule has 4 nitrogen and oxygen atoms in total. The van der Waals surface area contributed by atoms with Gasteiger partial charge < -0.3 is 9.47 Å². The number of likely N-dealkylation sites (tertiary alicyclic amines) is 1. The van der Waals surface area contributed by atoms with Crippen LogP contribution in [0.15, 0.2) is 42.5 Å². The van der Waals surface area contributed by atoms with Crippen molar-refractivity contribution in [2.45, 2.75) is 32.2 Å². The van der Waals surface area contributed by atoms with Gasteiger partial charge in [-0.15, -0.1) is 12.4 Å². The van der Waals surface area contributed by atoms with Gasteiger partial charge >= 0.3 is 0 Å². The second-order valence-electron chi connectivity index (χ2n) is 8.07. The van der Waals surface area contributed by atoms with Gasteiger partial charge in [-0.25, -0.2) is 0 Å². The van der Waals surface area contributed by atoms with E-state index in [1.807, 2.05) is 12.1 Å². The van der Waals surface area contributed by atoms with Gasteiger partial charge in [0.1, 0.15) is 0 Å². The lowest BCUT2D eigenvalue weighted by molar-refractivity contribution is 0.0895. The molecule has 1 saturated heterocycles. The first-order chi connectivity index (χ1) is 13.7. The molecule has 5 heteroatoms. The highest BCUT2D eigenvalue weighted by Gasteiger charge is 2.34. The molecular weight excluding hydrogens is 386 g/mol. The van der Waals surface area contributed by atoms with Gasteiger partial charge in [0.05, 0.1) is 14.2 Å². The first-order valence-electron chi connectivity index (χ1n) is 10.2. The third kappa shape index (κ3) is 4.76. The largest absolute Gasteiger partial charge is 0.493 e. The van der Waals surface area contributed by atoms with E-state index in [2.05, 4.69) is 35.2 Å². The fourth-order valence-electron chi connectivity index (χ4n) is 4.71. The first kappa shape index (κ1) is 21.7. The van der Waals surface area contributed by atoms with Crippen molar-refractivity contribution in [3.8, 4) is 11.5 Å². The molecule has 0 unspecified atom stereocenters. The lowest BCUT2D eigenvalue weighted by atomic mass is 9.85. The number of hydrogen-bond donors (Lipinski definition) is 0. The summed E-state index contributed by atoms with van der Waals surface area (Å²) in [7, 11) is 3.26. The van der Waals surface area contributed by atoms with Crippen molar-refractivity contribution in [3.05, 3.63) is 59.2 Å². The van der Waals surface area contributed by atoms with Crippen LogP contribution in [0, 0.1) is 11.8 Å². The summed E-state index contributed by atoms with van der Waals surface area (Å²) in [6.07, 6.45) is 4.19. The summed E-state index contributed by atoms with van der Waals surface area (Å²) in [6.45, 7) is 3.27. The smallest absolute Gasteiger partial charge is 0.166 e. The van der Waals surface area contributed by atoms with Crippen LogP contribution in [0.25, 0.3) is 0 Å². The lowest BCUT2D eigenvalue weighted by Gasteiger charge is -2.32. The molecule has 0 radical (unpaired) electrons. The number of rotatable bonds is 6. The van der Waals surface area contributed by atoms with Gasteiger partial charge in [-0.1, -0.05) is 30.3 Å². The van der Waals surface area contributed by atoms with Crippen LogP contribution in [-0.4, -0.2) is 38.0 Å². The summed E-state index contributed by atoms with van der Waals surface area (Å²) in [4.78, 5) is 15.5. The quantitative estimate of drug-likeness (QED) is 0.680. The summed E-state index contributed by atoms with van der Waals surface area (Å²) in [5.74, 6) is 2.38. The van der Waals surface area contributed by atoms with Crippen molar-refractivity contribution in [2.75, 3.05) is 27.3 Å². The molecule has 4 rings (SSSR count). The maximum absolute atomic E-state index is 12.9. The molecule has 1 atom stereocenters. The highest BCUT2D eigenvalue weighted by molar-refractivity contribution is 6.02. The van der Waals surface area contributed by atoms with E-state index >= 15 is 0 Å². The fraction of sp³-hybridized carbons (Fsp3) is 0.458. The Balaban J connectivity index is 0.00000240. The van der Waals surface area contributed by atoms with Gasteiger partial charge in [0.25, 0.3) is 0 Å². The van der Waals surface area contributed by atoms with Crippen LogP contribution in [-0.2, 0) is 13.0 Å². The third-order valence-electron chi connectivity index (χ3n) is 6.29. The molecule has 0 saturated carbocycles. The van der Waals surface area contributed by atoms with Crippen LogP contribution in [0.5, 0.6) is 11.5 Å². The van der Waals surface area contributed by atoms with Crippen LogP contribution >= 0.6 is 12.4 Å². The Morgan fingerprint density at radius 1 is 1.00 bits per heavy atom.